The Morgan fingerprint density at radius 2 is 1.62 bits per heavy atom. The van der Waals surface area contributed by atoms with Crippen LogP contribution in [0.1, 0.15) is 50.1 Å². The van der Waals surface area contributed by atoms with Crippen molar-refractivity contribution in [1.82, 2.24) is 24.0 Å². The topological polar surface area (TPSA) is 86.4 Å². The molecule has 9 nitrogen and oxygen atoms in total. The summed E-state index contributed by atoms with van der Waals surface area (Å²) in [4.78, 5) is 25.8. The second-order valence-corrected chi connectivity index (χ2v) is 10.8. The van der Waals surface area contributed by atoms with Crippen molar-refractivity contribution < 1.29 is 9.47 Å². The largest absolute Gasteiger partial charge is 0.381 e. The fourth-order valence-corrected chi connectivity index (χ4v) is 6.17. The summed E-state index contributed by atoms with van der Waals surface area (Å²) in [5.41, 5.74) is 3.46. The van der Waals surface area contributed by atoms with E-state index in [1.54, 1.807) is 10.8 Å². The molecule has 2 saturated heterocycles. The van der Waals surface area contributed by atoms with Crippen LogP contribution in [-0.2, 0) is 9.47 Å². The minimum absolute atomic E-state index is 0. The average Bonchev–Trinajstić information content (AvgIpc) is 3.31. The number of halogens is 2. The molecule has 0 atom stereocenters. The number of aryl methyl sites for hydroxylation is 1. The van der Waals surface area contributed by atoms with Crippen molar-refractivity contribution in [2.75, 3.05) is 44.8 Å². The summed E-state index contributed by atoms with van der Waals surface area (Å²) in [6, 6.07) is 11.1. The zero-order valence-corrected chi connectivity index (χ0v) is 24.7. The molecular weight excluding hydrogens is 551 g/mol. The van der Waals surface area contributed by atoms with Crippen molar-refractivity contribution in [2.24, 2.45) is 0 Å². The second-order valence-electron chi connectivity index (χ2n) is 10.8. The number of hydrogen-bond acceptors (Lipinski definition) is 7. The van der Waals surface area contributed by atoms with Gasteiger partial charge in [-0.05, 0) is 69.2 Å². The van der Waals surface area contributed by atoms with Gasteiger partial charge >= 0.3 is 5.69 Å². The standard InChI is InChI=1S/C29H38N6O3.2ClH/c1-21-3-2-4-25(19-21)35-27(20-34(29(35)36)24-10-15-37-16-11-24)26-9-12-30-28(32-26)31-22-5-7-23(8-6-22)33-13-17-38-18-14-33;;/h2-4,9,12,19-20,22-24H,5-8,10-11,13-18H2,1H3,(H,30,31,32);2*1H. The van der Waals surface area contributed by atoms with Gasteiger partial charge in [-0.15, -0.1) is 24.8 Å². The van der Waals surface area contributed by atoms with E-state index in [4.69, 9.17) is 14.5 Å². The highest BCUT2D eigenvalue weighted by molar-refractivity contribution is 5.85. The molecule has 0 amide bonds. The molecule has 1 saturated carbocycles. The lowest BCUT2D eigenvalue weighted by Crippen LogP contribution is -2.46. The van der Waals surface area contributed by atoms with E-state index in [0.29, 0.717) is 31.2 Å². The van der Waals surface area contributed by atoms with E-state index in [9.17, 15) is 4.79 Å². The molecule has 0 bridgehead atoms. The molecule has 4 heterocycles. The van der Waals surface area contributed by atoms with Gasteiger partial charge in [-0.3, -0.25) is 14.0 Å². The fraction of sp³-hybridized carbons (Fsp3) is 0.552. The summed E-state index contributed by atoms with van der Waals surface area (Å²) in [5.74, 6) is 0.624. The van der Waals surface area contributed by atoms with E-state index in [-0.39, 0.29) is 36.5 Å². The predicted molar refractivity (Wildman–Crippen MR) is 161 cm³/mol. The van der Waals surface area contributed by atoms with Gasteiger partial charge in [0.2, 0.25) is 5.95 Å². The minimum Gasteiger partial charge on any atom is -0.381 e. The van der Waals surface area contributed by atoms with Crippen LogP contribution in [0.3, 0.4) is 0 Å². The minimum atomic E-state index is -0.0351. The number of imidazole rings is 1. The number of nitrogens with zero attached hydrogens (tertiary/aromatic N) is 5. The van der Waals surface area contributed by atoms with E-state index in [0.717, 1.165) is 74.6 Å². The molecule has 0 unspecified atom stereocenters. The van der Waals surface area contributed by atoms with E-state index < -0.39 is 0 Å². The van der Waals surface area contributed by atoms with Gasteiger partial charge in [0.25, 0.3) is 0 Å². The van der Waals surface area contributed by atoms with Crippen LogP contribution in [0.2, 0.25) is 0 Å². The lowest BCUT2D eigenvalue weighted by Gasteiger charge is -2.38. The molecule has 3 aromatic rings. The Bertz CT molecular complexity index is 1290. The lowest BCUT2D eigenvalue weighted by atomic mass is 9.90. The molecule has 40 heavy (non-hydrogen) atoms. The van der Waals surface area contributed by atoms with Crippen molar-refractivity contribution in [3.63, 3.8) is 0 Å². The highest BCUT2D eigenvalue weighted by atomic mass is 35.5. The Hall–Kier alpha value is -2.43. The van der Waals surface area contributed by atoms with Gasteiger partial charge in [-0.2, -0.15) is 0 Å². The third-order valence-corrected chi connectivity index (χ3v) is 8.27. The number of ether oxygens (including phenoxy) is 2. The van der Waals surface area contributed by atoms with Crippen molar-refractivity contribution >= 4 is 30.8 Å². The Kier molecular flexibility index (Phi) is 10.7. The normalized spacial score (nSPS) is 22.2. The predicted octanol–water partition coefficient (Wildman–Crippen LogP) is 4.65. The van der Waals surface area contributed by atoms with Crippen molar-refractivity contribution in [1.29, 1.82) is 0 Å². The molecule has 1 N–H and O–H groups in total. The first kappa shape index (κ1) is 30.5. The molecule has 3 aliphatic rings. The van der Waals surface area contributed by atoms with Crippen LogP contribution in [-0.4, -0.2) is 75.6 Å². The number of hydrogen-bond donors (Lipinski definition) is 1. The summed E-state index contributed by atoms with van der Waals surface area (Å²) in [5, 5.41) is 3.59. The van der Waals surface area contributed by atoms with Crippen molar-refractivity contribution in [3.8, 4) is 17.1 Å². The van der Waals surface area contributed by atoms with E-state index in [2.05, 4.69) is 15.2 Å². The molecule has 2 aliphatic heterocycles. The smallest absolute Gasteiger partial charge is 0.333 e. The van der Waals surface area contributed by atoms with Gasteiger partial charge in [-0.1, -0.05) is 12.1 Å². The Labute approximate surface area is 248 Å². The summed E-state index contributed by atoms with van der Waals surface area (Å²) >= 11 is 0. The highest BCUT2D eigenvalue weighted by Crippen LogP contribution is 2.28. The number of benzene rings is 1. The summed E-state index contributed by atoms with van der Waals surface area (Å²) in [7, 11) is 0. The van der Waals surface area contributed by atoms with Gasteiger partial charge in [0.15, 0.2) is 0 Å². The Morgan fingerprint density at radius 1 is 0.900 bits per heavy atom. The number of anilines is 1. The van der Waals surface area contributed by atoms with Gasteiger partial charge in [0.05, 0.1) is 30.3 Å². The monoisotopic (exact) mass is 590 g/mol. The first-order chi connectivity index (χ1) is 18.7. The molecule has 2 aromatic heterocycles. The molecule has 1 aromatic carbocycles. The zero-order valence-electron chi connectivity index (χ0n) is 23.0. The molecule has 3 fully saturated rings. The molecule has 0 spiro atoms. The van der Waals surface area contributed by atoms with Gasteiger partial charge in [-0.25, -0.2) is 14.8 Å². The molecule has 0 radical (unpaired) electrons. The van der Waals surface area contributed by atoms with Crippen LogP contribution < -0.4 is 11.0 Å². The van der Waals surface area contributed by atoms with E-state index in [1.165, 1.54) is 12.8 Å². The first-order valence-electron chi connectivity index (χ1n) is 14.1. The van der Waals surface area contributed by atoms with Crippen LogP contribution in [0.4, 0.5) is 5.95 Å². The van der Waals surface area contributed by atoms with Gasteiger partial charge in [0.1, 0.15) is 0 Å². The summed E-state index contributed by atoms with van der Waals surface area (Å²) in [6.07, 6.45) is 9.99. The summed E-state index contributed by atoms with van der Waals surface area (Å²) < 4.78 is 14.7. The first-order valence-corrected chi connectivity index (χ1v) is 14.1. The molecule has 1 aliphatic carbocycles. The van der Waals surface area contributed by atoms with Crippen LogP contribution in [0.15, 0.2) is 47.5 Å². The zero-order chi connectivity index (χ0) is 25.9. The second kappa shape index (κ2) is 14.0. The fourth-order valence-electron chi connectivity index (χ4n) is 6.17. The van der Waals surface area contributed by atoms with Crippen molar-refractivity contribution in [3.05, 3.63) is 58.8 Å². The Morgan fingerprint density at radius 3 is 2.35 bits per heavy atom. The van der Waals surface area contributed by atoms with Crippen LogP contribution >= 0.6 is 24.8 Å². The third-order valence-electron chi connectivity index (χ3n) is 8.27. The maximum atomic E-state index is 13.8. The number of aromatic nitrogens is 4. The highest BCUT2D eigenvalue weighted by Gasteiger charge is 2.28. The van der Waals surface area contributed by atoms with Gasteiger partial charge < -0.3 is 14.8 Å². The quantitative estimate of drug-likeness (QED) is 0.447. The van der Waals surface area contributed by atoms with Crippen LogP contribution in [0.5, 0.6) is 0 Å². The summed E-state index contributed by atoms with van der Waals surface area (Å²) in [6.45, 7) is 7.19. The maximum absolute atomic E-state index is 13.8. The molecule has 218 valence electrons. The maximum Gasteiger partial charge on any atom is 0.333 e. The average molecular weight is 592 g/mol. The van der Waals surface area contributed by atoms with E-state index in [1.807, 2.05) is 48.0 Å². The molecule has 11 heteroatoms. The number of morpholine rings is 1. The van der Waals surface area contributed by atoms with Crippen LogP contribution in [0, 0.1) is 6.92 Å². The number of nitrogens with one attached hydrogen (secondary N) is 1. The third kappa shape index (κ3) is 6.71. The van der Waals surface area contributed by atoms with Crippen LogP contribution in [0.25, 0.3) is 17.1 Å². The molecule has 6 rings (SSSR count). The lowest BCUT2D eigenvalue weighted by molar-refractivity contribution is 0.00790. The Balaban J connectivity index is 0.00000185. The van der Waals surface area contributed by atoms with Crippen molar-refractivity contribution in [2.45, 2.75) is 63.6 Å². The SMILES string of the molecule is Cc1cccc(-n2c(-c3ccnc(NC4CCC(N5CCOCC5)CC4)n3)cn(C3CCOCC3)c2=O)c1.Cl.Cl. The van der Waals surface area contributed by atoms with E-state index >= 15 is 0 Å². The number of rotatable bonds is 6. The van der Waals surface area contributed by atoms with Gasteiger partial charge in [0, 0.05) is 56.8 Å². The molecular formula is C29H40Cl2N6O3.